The zero-order valence-electron chi connectivity index (χ0n) is 19.7. The van der Waals surface area contributed by atoms with Gasteiger partial charge in [0.1, 0.15) is 5.02 Å². The molecule has 0 radical (unpaired) electrons. The Morgan fingerprint density at radius 2 is 1.88 bits per heavy atom. The number of halogens is 1. The SMILES string of the molecule is CC(C)c1ccc(S(=O)(=O)N2CCC(n3ncc(NC[C@@H]4CCCOC4)c(Cl)c3=O)CC2)cc1. The highest BCUT2D eigenvalue weighted by molar-refractivity contribution is 7.89. The molecule has 0 spiro atoms. The van der Waals surface area contributed by atoms with Gasteiger partial charge in [-0.15, -0.1) is 0 Å². The molecule has 34 heavy (non-hydrogen) atoms. The van der Waals surface area contributed by atoms with Gasteiger partial charge in [-0.05, 0) is 55.2 Å². The number of benzene rings is 1. The lowest BCUT2D eigenvalue weighted by Gasteiger charge is -2.31. The van der Waals surface area contributed by atoms with E-state index in [1.54, 1.807) is 18.3 Å². The molecular formula is C24H33ClN4O4S. The molecule has 1 aromatic heterocycles. The average Bonchev–Trinajstić information content (AvgIpc) is 2.86. The molecule has 0 amide bonds. The topological polar surface area (TPSA) is 93.5 Å². The second-order valence-corrected chi connectivity index (χ2v) is 11.8. The van der Waals surface area contributed by atoms with Crippen molar-refractivity contribution < 1.29 is 13.2 Å². The van der Waals surface area contributed by atoms with Crippen molar-refractivity contribution in [3.63, 3.8) is 0 Å². The summed E-state index contributed by atoms with van der Waals surface area (Å²) in [7, 11) is -3.57. The van der Waals surface area contributed by atoms with Gasteiger partial charge in [0.05, 0.1) is 29.4 Å². The Balaban J connectivity index is 1.39. The van der Waals surface area contributed by atoms with Gasteiger partial charge >= 0.3 is 0 Å². The van der Waals surface area contributed by atoms with E-state index in [0.717, 1.165) is 25.0 Å². The fourth-order valence-electron chi connectivity index (χ4n) is 4.55. The number of hydrogen-bond acceptors (Lipinski definition) is 6. The molecule has 0 saturated carbocycles. The second kappa shape index (κ2) is 10.8. The molecular weight excluding hydrogens is 476 g/mol. The minimum atomic E-state index is -3.57. The van der Waals surface area contributed by atoms with Gasteiger partial charge in [-0.1, -0.05) is 37.6 Å². The fourth-order valence-corrected chi connectivity index (χ4v) is 6.22. The molecule has 1 aromatic carbocycles. The summed E-state index contributed by atoms with van der Waals surface area (Å²) in [5.74, 6) is 0.730. The Kier molecular flexibility index (Phi) is 7.97. The molecule has 4 rings (SSSR count). The largest absolute Gasteiger partial charge is 0.382 e. The highest BCUT2D eigenvalue weighted by atomic mass is 35.5. The van der Waals surface area contributed by atoms with Crippen molar-refractivity contribution in [3.8, 4) is 0 Å². The van der Waals surface area contributed by atoms with Gasteiger partial charge in [0, 0.05) is 26.2 Å². The predicted molar refractivity (Wildman–Crippen MR) is 133 cm³/mol. The number of piperidine rings is 1. The molecule has 2 aliphatic heterocycles. The summed E-state index contributed by atoms with van der Waals surface area (Å²) in [6.07, 6.45) is 4.71. The molecule has 1 N–H and O–H groups in total. The number of anilines is 1. The third kappa shape index (κ3) is 5.48. The van der Waals surface area contributed by atoms with Crippen LogP contribution in [0.5, 0.6) is 0 Å². The quantitative estimate of drug-likeness (QED) is 0.610. The number of hydrogen-bond donors (Lipinski definition) is 1. The van der Waals surface area contributed by atoms with Crippen molar-refractivity contribution >= 4 is 27.3 Å². The van der Waals surface area contributed by atoms with Crippen molar-refractivity contribution in [2.75, 3.05) is 38.2 Å². The van der Waals surface area contributed by atoms with E-state index in [4.69, 9.17) is 16.3 Å². The maximum absolute atomic E-state index is 13.1. The van der Waals surface area contributed by atoms with Crippen molar-refractivity contribution in [1.82, 2.24) is 14.1 Å². The Morgan fingerprint density at radius 3 is 2.50 bits per heavy atom. The summed E-state index contributed by atoms with van der Waals surface area (Å²) in [6.45, 7) is 6.99. The molecule has 1 atom stereocenters. The standard InChI is InChI=1S/C24H33ClN4O4S/c1-17(2)19-5-7-21(8-6-19)34(31,32)28-11-9-20(10-12-28)29-24(30)23(25)22(15-27-29)26-14-18-4-3-13-33-16-18/h5-8,15,17-18,20,26H,3-4,9-14,16H2,1-2H3/t18-/m0/s1. The van der Waals surface area contributed by atoms with Gasteiger partial charge in [0.2, 0.25) is 10.0 Å². The average molecular weight is 509 g/mol. The molecule has 2 aliphatic rings. The lowest BCUT2D eigenvalue weighted by Crippen LogP contribution is -2.41. The normalized spacial score (nSPS) is 20.5. The van der Waals surface area contributed by atoms with Crippen LogP contribution in [0.1, 0.15) is 57.1 Å². The monoisotopic (exact) mass is 508 g/mol. The van der Waals surface area contributed by atoms with E-state index in [2.05, 4.69) is 24.3 Å². The Bertz CT molecular complexity index is 1140. The maximum Gasteiger partial charge on any atom is 0.287 e. The summed E-state index contributed by atoms with van der Waals surface area (Å²) in [5, 5.41) is 7.71. The molecule has 2 saturated heterocycles. The second-order valence-electron chi connectivity index (χ2n) is 9.45. The number of rotatable bonds is 7. The molecule has 0 bridgehead atoms. The predicted octanol–water partition coefficient (Wildman–Crippen LogP) is 3.88. The molecule has 2 fully saturated rings. The van der Waals surface area contributed by atoms with Gasteiger partial charge in [0.25, 0.3) is 5.56 Å². The molecule has 3 heterocycles. The number of sulfonamides is 1. The van der Waals surface area contributed by atoms with Crippen LogP contribution in [-0.2, 0) is 14.8 Å². The smallest absolute Gasteiger partial charge is 0.287 e. The van der Waals surface area contributed by atoms with Crippen LogP contribution in [0.4, 0.5) is 5.69 Å². The maximum atomic E-state index is 13.1. The van der Waals surface area contributed by atoms with E-state index < -0.39 is 10.0 Å². The van der Waals surface area contributed by atoms with Gasteiger partial charge in [-0.2, -0.15) is 9.40 Å². The lowest BCUT2D eigenvalue weighted by molar-refractivity contribution is 0.0595. The minimum absolute atomic E-state index is 0.118. The van der Waals surface area contributed by atoms with Crippen LogP contribution in [0.15, 0.2) is 40.2 Å². The lowest BCUT2D eigenvalue weighted by atomic mass is 10.0. The van der Waals surface area contributed by atoms with Crippen LogP contribution < -0.4 is 10.9 Å². The van der Waals surface area contributed by atoms with E-state index in [9.17, 15) is 13.2 Å². The van der Waals surface area contributed by atoms with Crippen molar-refractivity contribution in [2.45, 2.75) is 56.4 Å². The summed E-state index contributed by atoms with van der Waals surface area (Å²) < 4.78 is 34.6. The van der Waals surface area contributed by atoms with E-state index in [1.165, 1.54) is 8.99 Å². The summed E-state index contributed by atoms with van der Waals surface area (Å²) >= 11 is 6.38. The third-order valence-electron chi connectivity index (χ3n) is 6.73. The van der Waals surface area contributed by atoms with E-state index >= 15 is 0 Å². The molecule has 2 aromatic rings. The third-order valence-corrected chi connectivity index (χ3v) is 9.01. The molecule has 0 unspecified atom stereocenters. The zero-order chi connectivity index (χ0) is 24.3. The molecule has 8 nitrogen and oxygen atoms in total. The van der Waals surface area contributed by atoms with Gasteiger partial charge in [-0.3, -0.25) is 4.79 Å². The van der Waals surface area contributed by atoms with E-state index in [1.807, 2.05) is 12.1 Å². The van der Waals surface area contributed by atoms with Crippen LogP contribution in [-0.4, -0.2) is 55.4 Å². The Labute approximate surface area is 206 Å². The first kappa shape index (κ1) is 25.2. The van der Waals surface area contributed by atoms with Gasteiger partial charge in [0.15, 0.2) is 0 Å². The van der Waals surface area contributed by atoms with Crippen molar-refractivity contribution in [3.05, 3.63) is 51.4 Å². The molecule has 0 aliphatic carbocycles. The highest BCUT2D eigenvalue weighted by Gasteiger charge is 2.31. The van der Waals surface area contributed by atoms with Gasteiger partial charge < -0.3 is 10.1 Å². The number of ether oxygens (including phenoxy) is 1. The van der Waals surface area contributed by atoms with Crippen LogP contribution in [0.3, 0.4) is 0 Å². The molecule has 186 valence electrons. The van der Waals surface area contributed by atoms with Crippen LogP contribution >= 0.6 is 11.6 Å². The zero-order valence-corrected chi connectivity index (χ0v) is 21.3. The van der Waals surface area contributed by atoms with E-state index in [-0.39, 0.29) is 16.6 Å². The highest BCUT2D eigenvalue weighted by Crippen LogP contribution is 2.28. The number of nitrogens with zero attached hydrogens (tertiary/aromatic N) is 3. The fraction of sp³-hybridized carbons (Fsp3) is 0.583. The van der Waals surface area contributed by atoms with Gasteiger partial charge in [-0.25, -0.2) is 13.1 Å². The molecule has 10 heteroatoms. The van der Waals surface area contributed by atoms with Crippen LogP contribution in [0, 0.1) is 5.92 Å². The Morgan fingerprint density at radius 1 is 1.18 bits per heavy atom. The van der Waals surface area contributed by atoms with Crippen LogP contribution in [0.2, 0.25) is 5.02 Å². The first-order chi connectivity index (χ1) is 16.3. The number of nitrogens with one attached hydrogen (secondary N) is 1. The first-order valence-electron chi connectivity index (χ1n) is 12.0. The van der Waals surface area contributed by atoms with Crippen LogP contribution in [0.25, 0.3) is 0 Å². The number of aromatic nitrogens is 2. The van der Waals surface area contributed by atoms with Crippen molar-refractivity contribution in [2.24, 2.45) is 5.92 Å². The Hall–Kier alpha value is -1.94. The first-order valence-corrected chi connectivity index (χ1v) is 13.8. The summed E-state index contributed by atoms with van der Waals surface area (Å²) in [5.41, 5.74) is 1.28. The van der Waals surface area contributed by atoms with Crippen molar-refractivity contribution in [1.29, 1.82) is 0 Å². The minimum Gasteiger partial charge on any atom is -0.382 e. The summed E-state index contributed by atoms with van der Waals surface area (Å²) in [4.78, 5) is 13.2. The summed E-state index contributed by atoms with van der Waals surface area (Å²) in [6, 6.07) is 6.89. The van der Waals surface area contributed by atoms with E-state index in [0.29, 0.717) is 61.5 Å².